The number of methoxy groups -OCH3 is 1. The van der Waals surface area contributed by atoms with Crippen LogP contribution in [0.4, 0.5) is 0 Å². The van der Waals surface area contributed by atoms with Crippen molar-refractivity contribution in [3.8, 4) is 0 Å². The Labute approximate surface area is 182 Å². The van der Waals surface area contributed by atoms with Crippen molar-refractivity contribution in [2.75, 3.05) is 26.7 Å². The number of esters is 1. The molecule has 1 N–H and O–H groups in total. The van der Waals surface area contributed by atoms with Gasteiger partial charge in [0.2, 0.25) is 11.8 Å². The Hall–Kier alpha value is -2.83. The first-order valence-electron chi connectivity index (χ1n) is 11.0. The van der Waals surface area contributed by atoms with Gasteiger partial charge in [-0.05, 0) is 31.0 Å². The van der Waals surface area contributed by atoms with Crippen LogP contribution in [0.15, 0.2) is 18.2 Å². The fourth-order valence-electron chi connectivity index (χ4n) is 4.71. The number of amides is 2. The van der Waals surface area contributed by atoms with Crippen LogP contribution in [0.1, 0.15) is 55.2 Å². The van der Waals surface area contributed by atoms with Crippen LogP contribution in [0.5, 0.6) is 0 Å². The Bertz CT molecular complexity index is 1030. The first-order chi connectivity index (χ1) is 14.7. The second-order valence-electron chi connectivity index (χ2n) is 9.66. The predicted octanol–water partition coefficient (Wildman–Crippen LogP) is 3.12. The van der Waals surface area contributed by atoms with Gasteiger partial charge in [0.25, 0.3) is 0 Å². The molecule has 0 spiro atoms. The molecular weight excluding hydrogens is 394 g/mol. The van der Waals surface area contributed by atoms with Crippen LogP contribution in [-0.2, 0) is 27.3 Å². The lowest BCUT2D eigenvalue weighted by Gasteiger charge is -2.37. The summed E-state index contributed by atoms with van der Waals surface area (Å²) in [5.41, 5.74) is 3.31. The van der Waals surface area contributed by atoms with Gasteiger partial charge in [-0.2, -0.15) is 0 Å². The van der Waals surface area contributed by atoms with Crippen molar-refractivity contribution < 1.29 is 19.1 Å². The fraction of sp³-hybridized carbons (Fsp3) is 0.542. The molecule has 4 rings (SSSR count). The van der Waals surface area contributed by atoms with Crippen molar-refractivity contribution in [3.05, 3.63) is 35.0 Å². The monoisotopic (exact) mass is 425 g/mol. The zero-order chi connectivity index (χ0) is 22.3. The quantitative estimate of drug-likeness (QED) is 0.750. The number of aromatic amines is 1. The van der Waals surface area contributed by atoms with Crippen LogP contribution in [-0.4, -0.2) is 59.3 Å². The van der Waals surface area contributed by atoms with Gasteiger partial charge in [0.1, 0.15) is 0 Å². The number of fused-ring (bicyclic) bond motifs is 3. The zero-order valence-electron chi connectivity index (χ0n) is 18.8. The minimum absolute atomic E-state index is 0.0404. The molecule has 2 aliphatic heterocycles. The second kappa shape index (κ2) is 8.02. The van der Waals surface area contributed by atoms with E-state index in [-0.39, 0.29) is 23.7 Å². The molecule has 0 saturated carbocycles. The minimum Gasteiger partial charge on any atom is -0.465 e. The third-order valence-electron chi connectivity index (χ3n) is 6.48. The van der Waals surface area contributed by atoms with Gasteiger partial charge in [0.05, 0.1) is 12.7 Å². The summed E-state index contributed by atoms with van der Waals surface area (Å²) < 4.78 is 4.85. The largest absolute Gasteiger partial charge is 0.465 e. The average molecular weight is 426 g/mol. The summed E-state index contributed by atoms with van der Waals surface area (Å²) in [6, 6.07) is 5.50. The first-order valence-corrected chi connectivity index (χ1v) is 11.0. The Morgan fingerprint density at radius 2 is 1.77 bits per heavy atom. The van der Waals surface area contributed by atoms with Crippen molar-refractivity contribution in [3.63, 3.8) is 0 Å². The van der Waals surface area contributed by atoms with Crippen molar-refractivity contribution >= 4 is 28.7 Å². The van der Waals surface area contributed by atoms with Crippen LogP contribution >= 0.6 is 0 Å². The lowest BCUT2D eigenvalue weighted by Crippen LogP contribution is -2.48. The molecule has 2 amide bonds. The molecule has 0 unspecified atom stereocenters. The number of likely N-dealkylation sites (tertiary alicyclic amines) is 1. The molecule has 0 bridgehead atoms. The molecule has 1 aromatic heterocycles. The van der Waals surface area contributed by atoms with E-state index in [1.54, 1.807) is 6.07 Å². The molecule has 2 aromatic rings. The standard InChI is InChI=1S/C24H31N3O4/c1-24(2,3)23(30)26-10-7-15(8-11-26)21(28)27-12-9-20-18(14-27)17-13-16(22(29)31-4)5-6-19(17)25-20/h5-6,13,15,25H,7-12,14H2,1-4H3. The number of rotatable bonds is 2. The summed E-state index contributed by atoms with van der Waals surface area (Å²) >= 11 is 0. The number of hydrogen-bond acceptors (Lipinski definition) is 4. The number of benzene rings is 1. The van der Waals surface area contributed by atoms with E-state index < -0.39 is 5.41 Å². The van der Waals surface area contributed by atoms with Gasteiger partial charge in [-0.3, -0.25) is 9.59 Å². The Kier molecular flexibility index (Phi) is 5.54. The van der Waals surface area contributed by atoms with Crippen LogP contribution in [0.2, 0.25) is 0 Å². The molecule has 31 heavy (non-hydrogen) atoms. The number of aromatic nitrogens is 1. The van der Waals surface area contributed by atoms with Crippen molar-refractivity contribution in [1.82, 2.24) is 14.8 Å². The van der Waals surface area contributed by atoms with E-state index >= 15 is 0 Å². The van der Waals surface area contributed by atoms with Gasteiger partial charge in [0.15, 0.2) is 0 Å². The summed E-state index contributed by atoms with van der Waals surface area (Å²) in [4.78, 5) is 45.0. The highest BCUT2D eigenvalue weighted by atomic mass is 16.5. The maximum Gasteiger partial charge on any atom is 0.337 e. The van der Waals surface area contributed by atoms with Crippen molar-refractivity contribution in [1.29, 1.82) is 0 Å². The lowest BCUT2D eigenvalue weighted by atomic mass is 9.90. The Morgan fingerprint density at radius 1 is 1.06 bits per heavy atom. The van der Waals surface area contributed by atoms with E-state index in [4.69, 9.17) is 4.74 Å². The second-order valence-corrected chi connectivity index (χ2v) is 9.66. The molecule has 1 fully saturated rings. The van der Waals surface area contributed by atoms with Gasteiger partial charge in [0, 0.05) is 66.1 Å². The van der Waals surface area contributed by atoms with E-state index in [2.05, 4.69) is 4.98 Å². The molecule has 1 saturated heterocycles. The minimum atomic E-state index is -0.390. The Morgan fingerprint density at radius 3 is 2.42 bits per heavy atom. The van der Waals surface area contributed by atoms with Gasteiger partial charge in [-0.15, -0.1) is 0 Å². The Balaban J connectivity index is 1.47. The molecule has 7 heteroatoms. The van der Waals surface area contributed by atoms with Crippen LogP contribution in [0.3, 0.4) is 0 Å². The number of carbonyl (C=O) groups is 3. The molecular formula is C24H31N3O4. The van der Waals surface area contributed by atoms with Gasteiger partial charge >= 0.3 is 5.97 Å². The van der Waals surface area contributed by atoms with Crippen molar-refractivity contribution in [2.45, 2.75) is 46.6 Å². The number of H-pyrrole nitrogens is 1. The highest BCUT2D eigenvalue weighted by molar-refractivity contribution is 5.96. The van der Waals surface area contributed by atoms with E-state index in [0.717, 1.165) is 28.6 Å². The summed E-state index contributed by atoms with van der Waals surface area (Å²) in [5, 5.41) is 0.973. The molecule has 0 aliphatic carbocycles. The van der Waals surface area contributed by atoms with Crippen molar-refractivity contribution in [2.24, 2.45) is 11.3 Å². The van der Waals surface area contributed by atoms with Gasteiger partial charge in [-0.1, -0.05) is 20.8 Å². The average Bonchev–Trinajstić information content (AvgIpc) is 3.14. The smallest absolute Gasteiger partial charge is 0.337 e. The first kappa shape index (κ1) is 21.4. The maximum absolute atomic E-state index is 13.3. The molecule has 3 heterocycles. The molecule has 2 aliphatic rings. The predicted molar refractivity (Wildman–Crippen MR) is 118 cm³/mol. The highest BCUT2D eigenvalue weighted by Gasteiger charge is 2.35. The molecule has 7 nitrogen and oxygen atoms in total. The fourth-order valence-corrected chi connectivity index (χ4v) is 4.71. The number of piperidine rings is 1. The molecule has 166 valence electrons. The van der Waals surface area contributed by atoms with Crippen LogP contribution in [0.25, 0.3) is 10.9 Å². The van der Waals surface area contributed by atoms with E-state index in [1.807, 2.05) is 42.7 Å². The molecule has 1 aromatic carbocycles. The molecule has 0 atom stereocenters. The third-order valence-corrected chi connectivity index (χ3v) is 6.48. The number of hydrogen-bond donors (Lipinski definition) is 1. The SMILES string of the molecule is COC(=O)c1ccc2[nH]c3c(c2c1)CN(C(=O)C1CCN(C(=O)C(C)(C)C)CC1)CC3. The number of carbonyl (C=O) groups excluding carboxylic acids is 3. The van der Waals surface area contributed by atoms with Gasteiger partial charge < -0.3 is 19.5 Å². The van der Waals surface area contributed by atoms with E-state index in [9.17, 15) is 14.4 Å². The summed E-state index contributed by atoms with van der Waals surface area (Å²) in [6.45, 7) is 8.31. The van der Waals surface area contributed by atoms with Gasteiger partial charge in [-0.25, -0.2) is 4.79 Å². The summed E-state index contributed by atoms with van der Waals surface area (Å²) in [5.74, 6) is -0.0771. The third kappa shape index (κ3) is 4.05. The van der Waals surface area contributed by atoms with Crippen LogP contribution < -0.4 is 0 Å². The summed E-state index contributed by atoms with van der Waals surface area (Å²) in [7, 11) is 1.37. The topological polar surface area (TPSA) is 82.7 Å². The van der Waals surface area contributed by atoms with E-state index in [0.29, 0.717) is 44.6 Å². The van der Waals surface area contributed by atoms with E-state index in [1.165, 1.54) is 7.11 Å². The number of nitrogens with one attached hydrogen (secondary N) is 1. The zero-order valence-corrected chi connectivity index (χ0v) is 18.8. The van der Waals surface area contributed by atoms with Crippen LogP contribution in [0, 0.1) is 11.3 Å². The highest BCUT2D eigenvalue weighted by Crippen LogP contribution is 2.31. The lowest BCUT2D eigenvalue weighted by molar-refractivity contribution is -0.145. The number of nitrogens with zero attached hydrogens (tertiary/aromatic N) is 2. The maximum atomic E-state index is 13.3. The molecule has 0 radical (unpaired) electrons. The summed E-state index contributed by atoms with van der Waals surface area (Å²) in [6.07, 6.45) is 2.19. The normalized spacial score (nSPS) is 17.5. The number of ether oxygens (including phenoxy) is 1.